The third-order valence-electron chi connectivity index (χ3n) is 2.63. The minimum absolute atomic E-state index is 0.0926. The number of pyridine rings is 1. The molecule has 1 aromatic heterocycles. The lowest BCUT2D eigenvalue weighted by Crippen LogP contribution is -2.38. The number of H-pyrrole nitrogens is 1. The molecule has 7 heteroatoms. The van der Waals surface area contributed by atoms with Crippen LogP contribution in [-0.4, -0.2) is 43.6 Å². The van der Waals surface area contributed by atoms with Gasteiger partial charge in [-0.1, -0.05) is 12.2 Å². The van der Waals surface area contributed by atoms with Crippen molar-refractivity contribution in [2.45, 2.75) is 13.8 Å². The third kappa shape index (κ3) is 4.75. The number of aryl methyl sites for hydroxylation is 2. The SMILES string of the molecule is COCCNC(=O)CNC(=O)c1c(C)cc(C)[nH]c1=S. The van der Waals surface area contributed by atoms with Gasteiger partial charge in [0.1, 0.15) is 4.64 Å². The molecule has 110 valence electrons. The van der Waals surface area contributed by atoms with Crippen molar-refractivity contribution < 1.29 is 14.3 Å². The minimum atomic E-state index is -0.356. The van der Waals surface area contributed by atoms with Crippen LogP contribution in [0.15, 0.2) is 6.07 Å². The first-order valence-corrected chi connectivity index (χ1v) is 6.61. The summed E-state index contributed by atoms with van der Waals surface area (Å²) in [4.78, 5) is 26.4. The van der Waals surface area contributed by atoms with E-state index in [2.05, 4.69) is 15.6 Å². The molecule has 6 nitrogen and oxygen atoms in total. The highest BCUT2D eigenvalue weighted by atomic mass is 32.1. The zero-order chi connectivity index (χ0) is 15.1. The molecule has 1 rings (SSSR count). The van der Waals surface area contributed by atoms with Crippen molar-refractivity contribution in [1.29, 1.82) is 0 Å². The summed E-state index contributed by atoms with van der Waals surface area (Å²) in [5.41, 5.74) is 2.07. The smallest absolute Gasteiger partial charge is 0.254 e. The van der Waals surface area contributed by atoms with E-state index >= 15 is 0 Å². The van der Waals surface area contributed by atoms with Crippen LogP contribution in [0, 0.1) is 18.5 Å². The van der Waals surface area contributed by atoms with Gasteiger partial charge in [-0.15, -0.1) is 0 Å². The lowest BCUT2D eigenvalue weighted by Gasteiger charge is -2.09. The minimum Gasteiger partial charge on any atom is -0.383 e. The van der Waals surface area contributed by atoms with E-state index in [1.165, 1.54) is 0 Å². The van der Waals surface area contributed by atoms with Crippen molar-refractivity contribution in [2.24, 2.45) is 0 Å². The molecule has 3 N–H and O–H groups in total. The van der Waals surface area contributed by atoms with Crippen LogP contribution in [0.3, 0.4) is 0 Å². The fraction of sp³-hybridized carbons (Fsp3) is 0.462. The molecular formula is C13H19N3O3S. The normalized spacial score (nSPS) is 10.2. The van der Waals surface area contributed by atoms with E-state index in [0.29, 0.717) is 23.4 Å². The average Bonchev–Trinajstić information content (AvgIpc) is 2.35. The molecule has 0 radical (unpaired) electrons. The Morgan fingerprint density at radius 3 is 2.65 bits per heavy atom. The number of aromatic nitrogens is 1. The number of amides is 2. The summed E-state index contributed by atoms with van der Waals surface area (Å²) in [6, 6.07) is 1.84. The molecule has 0 fully saturated rings. The van der Waals surface area contributed by atoms with Gasteiger partial charge in [-0.05, 0) is 25.5 Å². The van der Waals surface area contributed by atoms with Crippen molar-refractivity contribution >= 4 is 24.0 Å². The van der Waals surface area contributed by atoms with Gasteiger partial charge in [0, 0.05) is 19.3 Å². The van der Waals surface area contributed by atoms with E-state index < -0.39 is 0 Å². The number of nitrogens with one attached hydrogen (secondary N) is 3. The van der Waals surface area contributed by atoms with E-state index in [9.17, 15) is 9.59 Å². The quantitative estimate of drug-likeness (QED) is 0.537. The summed E-state index contributed by atoms with van der Waals surface area (Å²) in [7, 11) is 1.55. The zero-order valence-electron chi connectivity index (χ0n) is 11.8. The molecule has 0 bridgehead atoms. The van der Waals surface area contributed by atoms with Crippen LogP contribution in [0.1, 0.15) is 21.6 Å². The summed E-state index contributed by atoms with van der Waals surface area (Å²) in [6.07, 6.45) is 0. The van der Waals surface area contributed by atoms with Crippen molar-refractivity contribution in [3.63, 3.8) is 0 Å². The second-order valence-electron chi connectivity index (χ2n) is 4.36. The monoisotopic (exact) mass is 297 g/mol. The van der Waals surface area contributed by atoms with Gasteiger partial charge in [0.2, 0.25) is 5.91 Å². The molecule has 0 aliphatic heterocycles. The first kappa shape index (κ1) is 16.3. The first-order chi connectivity index (χ1) is 9.45. The van der Waals surface area contributed by atoms with E-state index in [4.69, 9.17) is 17.0 Å². The first-order valence-electron chi connectivity index (χ1n) is 6.20. The van der Waals surface area contributed by atoms with Crippen LogP contribution in [0.25, 0.3) is 0 Å². The molecule has 2 amide bonds. The molecule has 0 saturated carbocycles. The molecule has 0 aromatic carbocycles. The fourth-order valence-corrected chi connectivity index (χ4v) is 2.15. The number of carbonyl (C=O) groups is 2. The second kappa shape index (κ2) is 7.76. The topological polar surface area (TPSA) is 83.2 Å². The Labute approximate surface area is 122 Å². The Morgan fingerprint density at radius 2 is 2.05 bits per heavy atom. The summed E-state index contributed by atoms with van der Waals surface area (Å²) in [5.74, 6) is -0.624. The van der Waals surface area contributed by atoms with Crippen LogP contribution in [0.2, 0.25) is 0 Å². The molecule has 0 spiro atoms. The Morgan fingerprint density at radius 1 is 1.35 bits per heavy atom. The largest absolute Gasteiger partial charge is 0.383 e. The van der Waals surface area contributed by atoms with Gasteiger partial charge >= 0.3 is 0 Å². The van der Waals surface area contributed by atoms with Gasteiger partial charge in [0.15, 0.2) is 0 Å². The van der Waals surface area contributed by atoms with Crippen LogP contribution in [0.5, 0.6) is 0 Å². The Kier molecular flexibility index (Phi) is 6.33. The molecule has 20 heavy (non-hydrogen) atoms. The summed E-state index contributed by atoms with van der Waals surface area (Å²) < 4.78 is 5.18. The molecular weight excluding hydrogens is 278 g/mol. The molecule has 0 saturated heterocycles. The molecule has 0 atom stereocenters. The van der Waals surface area contributed by atoms with Gasteiger partial charge in [-0.25, -0.2) is 0 Å². The highest BCUT2D eigenvalue weighted by molar-refractivity contribution is 7.71. The third-order valence-corrected chi connectivity index (χ3v) is 2.94. The van der Waals surface area contributed by atoms with Gasteiger partial charge < -0.3 is 20.4 Å². The van der Waals surface area contributed by atoms with Gasteiger partial charge in [0.05, 0.1) is 18.7 Å². The fourth-order valence-electron chi connectivity index (χ4n) is 1.74. The Balaban J connectivity index is 2.60. The maximum Gasteiger partial charge on any atom is 0.254 e. The van der Waals surface area contributed by atoms with Crippen LogP contribution in [0.4, 0.5) is 0 Å². The number of aromatic amines is 1. The number of carbonyl (C=O) groups excluding carboxylic acids is 2. The van der Waals surface area contributed by atoms with Gasteiger partial charge in [-0.2, -0.15) is 0 Å². The number of hydrogen-bond donors (Lipinski definition) is 3. The van der Waals surface area contributed by atoms with E-state index in [1.807, 2.05) is 19.9 Å². The van der Waals surface area contributed by atoms with E-state index in [1.54, 1.807) is 7.11 Å². The lowest BCUT2D eigenvalue weighted by atomic mass is 10.1. The molecule has 0 aliphatic rings. The number of hydrogen-bond acceptors (Lipinski definition) is 4. The number of ether oxygens (including phenoxy) is 1. The standard InChI is InChI=1S/C13H19N3O3S/c1-8-6-9(2)16-13(20)11(8)12(18)15-7-10(17)14-4-5-19-3/h6H,4-5,7H2,1-3H3,(H,14,17)(H,15,18)(H,16,20). The highest BCUT2D eigenvalue weighted by Crippen LogP contribution is 2.10. The second-order valence-corrected chi connectivity index (χ2v) is 4.77. The maximum absolute atomic E-state index is 12.0. The van der Waals surface area contributed by atoms with Crippen molar-refractivity contribution in [2.75, 3.05) is 26.8 Å². The number of methoxy groups -OCH3 is 1. The van der Waals surface area contributed by atoms with Crippen molar-refractivity contribution in [1.82, 2.24) is 15.6 Å². The molecule has 1 aromatic rings. The molecule has 0 unspecified atom stereocenters. The predicted molar refractivity (Wildman–Crippen MR) is 78.3 cm³/mol. The maximum atomic E-state index is 12.0. The zero-order valence-corrected chi connectivity index (χ0v) is 12.6. The highest BCUT2D eigenvalue weighted by Gasteiger charge is 2.13. The molecule has 1 heterocycles. The van der Waals surface area contributed by atoms with E-state index in [0.717, 1.165) is 11.3 Å². The van der Waals surface area contributed by atoms with Gasteiger partial charge in [0.25, 0.3) is 5.91 Å². The van der Waals surface area contributed by atoms with Crippen LogP contribution < -0.4 is 10.6 Å². The van der Waals surface area contributed by atoms with Crippen molar-refractivity contribution in [3.8, 4) is 0 Å². The Hall–Kier alpha value is -1.73. The van der Waals surface area contributed by atoms with Crippen LogP contribution in [-0.2, 0) is 9.53 Å². The van der Waals surface area contributed by atoms with Crippen molar-refractivity contribution in [3.05, 3.63) is 27.5 Å². The predicted octanol–water partition coefficient (Wildman–Crippen LogP) is 0.853. The van der Waals surface area contributed by atoms with Gasteiger partial charge in [-0.3, -0.25) is 9.59 Å². The van der Waals surface area contributed by atoms with E-state index in [-0.39, 0.29) is 18.4 Å². The van der Waals surface area contributed by atoms with Crippen LogP contribution >= 0.6 is 12.2 Å². The summed E-state index contributed by atoms with van der Waals surface area (Å²) in [5, 5.41) is 5.16. The average molecular weight is 297 g/mol. The lowest BCUT2D eigenvalue weighted by molar-refractivity contribution is -0.120. The summed E-state index contributed by atoms with van der Waals surface area (Å²) >= 11 is 5.14. The molecule has 0 aliphatic carbocycles. The number of rotatable bonds is 6. The summed E-state index contributed by atoms with van der Waals surface area (Å²) in [6.45, 7) is 4.43. The Bertz CT molecular complexity index is 554.